The summed E-state index contributed by atoms with van der Waals surface area (Å²) in [5, 5.41) is 0. The lowest BCUT2D eigenvalue weighted by Crippen LogP contribution is -2.32. The summed E-state index contributed by atoms with van der Waals surface area (Å²) in [7, 11) is 1.75. The van der Waals surface area contributed by atoms with Gasteiger partial charge in [-0.15, -0.1) is 13.2 Å². The first-order chi connectivity index (χ1) is 5.92. The number of halogens is 3. The number of rotatable bonds is 2. The van der Waals surface area contributed by atoms with E-state index in [2.05, 4.69) is 4.74 Å². The van der Waals surface area contributed by atoms with Crippen LogP contribution in [0, 0.1) is 0 Å². The second-order valence-electron chi connectivity index (χ2n) is 3.25. The first kappa shape index (κ1) is 10.7. The maximum Gasteiger partial charge on any atom is 0.522 e. The van der Waals surface area contributed by atoms with Crippen molar-refractivity contribution >= 4 is 0 Å². The van der Waals surface area contributed by atoms with Gasteiger partial charge >= 0.3 is 6.36 Å². The van der Waals surface area contributed by atoms with E-state index in [0.717, 1.165) is 0 Å². The van der Waals surface area contributed by atoms with Crippen LogP contribution in [-0.2, 0) is 4.74 Å². The van der Waals surface area contributed by atoms with Crippen LogP contribution in [0.5, 0.6) is 0 Å². The van der Waals surface area contributed by atoms with Crippen LogP contribution in [0.2, 0.25) is 0 Å². The van der Waals surface area contributed by atoms with E-state index in [1.807, 2.05) is 0 Å². The first-order valence-electron chi connectivity index (χ1n) is 4.07. The van der Waals surface area contributed by atoms with Gasteiger partial charge in [0.15, 0.2) is 0 Å². The molecule has 0 saturated carbocycles. The van der Waals surface area contributed by atoms with Gasteiger partial charge in [-0.1, -0.05) is 0 Å². The predicted octanol–water partition coefficient (Wildman–Crippen LogP) is 0.554. The van der Waals surface area contributed by atoms with Crippen molar-refractivity contribution < 1.29 is 17.9 Å². The Bertz CT molecular complexity index is 174. The van der Waals surface area contributed by atoms with Gasteiger partial charge in [-0.2, -0.15) is 0 Å². The highest BCUT2D eigenvalue weighted by Crippen LogP contribution is 2.25. The summed E-state index contributed by atoms with van der Waals surface area (Å²) in [4.78, 5) is 1.79. The number of likely N-dealkylation sites (tertiary alicyclic amines) is 1. The molecular formula is C7H13F3N2O. The average Bonchev–Trinajstić information content (AvgIpc) is 2.26. The molecule has 3 nitrogen and oxygen atoms in total. The van der Waals surface area contributed by atoms with Crippen molar-refractivity contribution in [3.05, 3.63) is 0 Å². The van der Waals surface area contributed by atoms with Gasteiger partial charge in [0.2, 0.25) is 0 Å². The molecule has 0 radical (unpaired) electrons. The smallest absolute Gasteiger partial charge is 0.329 e. The Morgan fingerprint density at radius 3 is 2.54 bits per heavy atom. The molecule has 1 fully saturated rings. The van der Waals surface area contributed by atoms with Crippen molar-refractivity contribution in [3.8, 4) is 0 Å². The van der Waals surface area contributed by atoms with Crippen LogP contribution in [-0.4, -0.2) is 43.5 Å². The number of likely N-dealkylation sites (N-methyl/N-ethyl adjacent to an activating group) is 1. The van der Waals surface area contributed by atoms with E-state index in [4.69, 9.17) is 5.73 Å². The van der Waals surface area contributed by atoms with Gasteiger partial charge < -0.3 is 5.73 Å². The van der Waals surface area contributed by atoms with E-state index >= 15 is 0 Å². The monoisotopic (exact) mass is 198 g/mol. The van der Waals surface area contributed by atoms with Crippen LogP contribution in [0.1, 0.15) is 6.42 Å². The summed E-state index contributed by atoms with van der Waals surface area (Å²) in [6.07, 6.45) is -4.94. The lowest BCUT2D eigenvalue weighted by Gasteiger charge is -2.15. The third kappa shape index (κ3) is 3.13. The zero-order chi connectivity index (χ0) is 10.1. The molecule has 1 rings (SSSR count). The average molecular weight is 198 g/mol. The predicted molar refractivity (Wildman–Crippen MR) is 41.0 cm³/mol. The van der Waals surface area contributed by atoms with E-state index in [9.17, 15) is 13.2 Å². The van der Waals surface area contributed by atoms with Gasteiger partial charge in [0.1, 0.15) is 0 Å². The Morgan fingerprint density at radius 1 is 1.54 bits per heavy atom. The zero-order valence-electron chi connectivity index (χ0n) is 7.34. The molecule has 2 atom stereocenters. The molecule has 0 amide bonds. The van der Waals surface area contributed by atoms with Crippen molar-refractivity contribution in [1.29, 1.82) is 0 Å². The highest BCUT2D eigenvalue weighted by Gasteiger charge is 2.38. The fourth-order valence-electron chi connectivity index (χ4n) is 1.58. The maximum atomic E-state index is 11.8. The fourth-order valence-corrected chi connectivity index (χ4v) is 1.58. The highest BCUT2D eigenvalue weighted by atomic mass is 19.4. The minimum atomic E-state index is -4.53. The largest absolute Gasteiger partial charge is 0.522 e. The number of ether oxygens (including phenoxy) is 1. The molecular weight excluding hydrogens is 185 g/mol. The van der Waals surface area contributed by atoms with E-state index in [1.165, 1.54) is 0 Å². The minimum Gasteiger partial charge on any atom is -0.329 e. The summed E-state index contributed by atoms with van der Waals surface area (Å²) in [6, 6.07) is 0.00681. The van der Waals surface area contributed by atoms with Crippen LogP contribution in [0.3, 0.4) is 0 Å². The fraction of sp³-hybridized carbons (Fsp3) is 1.00. The van der Waals surface area contributed by atoms with E-state index < -0.39 is 12.5 Å². The van der Waals surface area contributed by atoms with Gasteiger partial charge in [-0.25, -0.2) is 0 Å². The first-order valence-corrected chi connectivity index (χ1v) is 4.07. The van der Waals surface area contributed by atoms with E-state index in [0.29, 0.717) is 19.5 Å². The standard InChI is InChI=1S/C7H13F3N2O/c1-12-4-6(2-5(12)3-11)13-7(8,9)10/h5-6H,2-4,11H2,1H3/t5-,6+/m0/s1. The molecule has 1 aliphatic heterocycles. The molecule has 1 heterocycles. The van der Waals surface area contributed by atoms with Gasteiger partial charge in [-0.3, -0.25) is 9.64 Å². The maximum absolute atomic E-state index is 11.8. The zero-order valence-corrected chi connectivity index (χ0v) is 7.34. The molecule has 0 bridgehead atoms. The summed E-state index contributed by atoms with van der Waals surface area (Å²) in [5.74, 6) is 0. The van der Waals surface area contributed by atoms with Crippen molar-refractivity contribution in [1.82, 2.24) is 4.90 Å². The summed E-state index contributed by atoms with van der Waals surface area (Å²) in [5.41, 5.74) is 5.37. The topological polar surface area (TPSA) is 38.5 Å². The molecule has 0 spiro atoms. The van der Waals surface area contributed by atoms with Crippen LogP contribution >= 0.6 is 0 Å². The summed E-state index contributed by atoms with van der Waals surface area (Å²) >= 11 is 0. The molecule has 1 aliphatic rings. The Balaban J connectivity index is 2.40. The number of alkyl halides is 3. The molecule has 0 aromatic carbocycles. The third-order valence-electron chi connectivity index (χ3n) is 2.22. The Hall–Kier alpha value is -0.330. The van der Waals surface area contributed by atoms with Crippen LogP contribution < -0.4 is 5.73 Å². The number of nitrogens with two attached hydrogens (primary N) is 1. The molecule has 2 N–H and O–H groups in total. The molecule has 13 heavy (non-hydrogen) atoms. The highest BCUT2D eigenvalue weighted by molar-refractivity contribution is 4.84. The third-order valence-corrected chi connectivity index (χ3v) is 2.22. The minimum absolute atomic E-state index is 0.00681. The Morgan fingerprint density at radius 2 is 2.15 bits per heavy atom. The second kappa shape index (κ2) is 3.81. The van der Waals surface area contributed by atoms with Crippen LogP contribution in [0.4, 0.5) is 13.2 Å². The number of hydrogen-bond acceptors (Lipinski definition) is 3. The Kier molecular flexibility index (Phi) is 3.15. The van der Waals surface area contributed by atoms with Crippen LogP contribution in [0.15, 0.2) is 0 Å². The molecule has 0 unspecified atom stereocenters. The van der Waals surface area contributed by atoms with Crippen molar-refractivity contribution in [2.75, 3.05) is 20.1 Å². The molecule has 1 saturated heterocycles. The van der Waals surface area contributed by atoms with Crippen molar-refractivity contribution in [2.24, 2.45) is 5.73 Å². The molecule has 0 aromatic rings. The van der Waals surface area contributed by atoms with Gasteiger partial charge in [-0.05, 0) is 13.5 Å². The summed E-state index contributed by atoms with van der Waals surface area (Å²) < 4.78 is 39.3. The number of hydrogen-bond donors (Lipinski definition) is 1. The summed E-state index contributed by atoms with van der Waals surface area (Å²) in [6.45, 7) is 0.662. The van der Waals surface area contributed by atoms with Gasteiger partial charge in [0.05, 0.1) is 6.10 Å². The molecule has 78 valence electrons. The van der Waals surface area contributed by atoms with Crippen molar-refractivity contribution in [2.45, 2.75) is 24.9 Å². The van der Waals surface area contributed by atoms with Gasteiger partial charge in [0, 0.05) is 19.1 Å². The SMILES string of the molecule is CN1C[C@H](OC(F)(F)F)C[C@H]1CN. The van der Waals surface area contributed by atoms with Gasteiger partial charge in [0.25, 0.3) is 0 Å². The number of nitrogens with zero attached hydrogens (tertiary/aromatic N) is 1. The van der Waals surface area contributed by atoms with E-state index in [1.54, 1.807) is 11.9 Å². The quantitative estimate of drug-likeness (QED) is 0.704. The molecule has 0 aromatic heterocycles. The van der Waals surface area contributed by atoms with Crippen LogP contribution in [0.25, 0.3) is 0 Å². The lowest BCUT2D eigenvalue weighted by atomic mass is 10.2. The second-order valence-corrected chi connectivity index (χ2v) is 3.25. The molecule has 0 aliphatic carbocycles. The lowest BCUT2D eigenvalue weighted by molar-refractivity contribution is -0.340. The van der Waals surface area contributed by atoms with E-state index in [-0.39, 0.29) is 6.04 Å². The normalized spacial score (nSPS) is 31.2. The Labute approximate surface area is 74.6 Å². The molecule has 6 heteroatoms. The van der Waals surface area contributed by atoms with Crippen molar-refractivity contribution in [3.63, 3.8) is 0 Å².